The highest BCUT2D eigenvalue weighted by atomic mass is 35.5. The molecule has 1 aliphatic rings. The van der Waals surface area contributed by atoms with Crippen LogP contribution in [0, 0.1) is 12.3 Å². The average molecular weight is 304 g/mol. The lowest BCUT2D eigenvalue weighted by Gasteiger charge is -2.35. The minimum absolute atomic E-state index is 0. The third-order valence-electron chi connectivity index (χ3n) is 3.56. The summed E-state index contributed by atoms with van der Waals surface area (Å²) in [6.45, 7) is 4.37. The highest BCUT2D eigenvalue weighted by molar-refractivity contribution is 5.85. The summed E-state index contributed by atoms with van der Waals surface area (Å²) in [6, 6.07) is 1.83. The highest BCUT2D eigenvalue weighted by Gasteiger charge is 2.39. The van der Waals surface area contributed by atoms with Gasteiger partial charge in [0, 0.05) is 13.2 Å². The normalized spacial score (nSPS) is 17.3. The monoisotopic (exact) mass is 303 g/mol. The van der Waals surface area contributed by atoms with E-state index >= 15 is 0 Å². The summed E-state index contributed by atoms with van der Waals surface area (Å²) >= 11 is 0. The fourth-order valence-corrected chi connectivity index (χ4v) is 2.47. The minimum Gasteiger partial charge on any atom is -0.384 e. The van der Waals surface area contributed by atoms with Gasteiger partial charge in [0.15, 0.2) is 5.76 Å². The van der Waals surface area contributed by atoms with E-state index in [1.165, 1.54) is 0 Å². The van der Waals surface area contributed by atoms with Crippen LogP contribution in [0.25, 0.3) is 0 Å². The SMILES string of the molecule is COCC1(C(=O)NCc2cc(C)no2)CCNCC1.Cl. The van der Waals surface area contributed by atoms with Gasteiger partial charge in [-0.1, -0.05) is 5.16 Å². The number of aromatic nitrogens is 1. The molecule has 20 heavy (non-hydrogen) atoms. The number of amides is 1. The number of rotatable bonds is 5. The first-order valence-electron chi connectivity index (χ1n) is 6.56. The summed E-state index contributed by atoms with van der Waals surface area (Å²) < 4.78 is 10.3. The fraction of sp³-hybridized carbons (Fsp3) is 0.692. The van der Waals surface area contributed by atoms with Gasteiger partial charge in [0.25, 0.3) is 0 Å². The van der Waals surface area contributed by atoms with Crippen LogP contribution < -0.4 is 10.6 Å². The van der Waals surface area contributed by atoms with Gasteiger partial charge in [0.1, 0.15) is 0 Å². The Morgan fingerprint density at radius 1 is 1.55 bits per heavy atom. The zero-order valence-corrected chi connectivity index (χ0v) is 12.7. The van der Waals surface area contributed by atoms with Crippen LogP contribution in [0.5, 0.6) is 0 Å². The van der Waals surface area contributed by atoms with E-state index in [2.05, 4.69) is 15.8 Å². The van der Waals surface area contributed by atoms with Crippen molar-refractivity contribution >= 4 is 18.3 Å². The Kier molecular flexibility index (Phi) is 6.45. The Morgan fingerprint density at radius 2 is 2.25 bits per heavy atom. The molecule has 1 aliphatic heterocycles. The third-order valence-corrected chi connectivity index (χ3v) is 3.56. The third kappa shape index (κ3) is 3.94. The Morgan fingerprint density at radius 3 is 2.80 bits per heavy atom. The van der Waals surface area contributed by atoms with Gasteiger partial charge in [-0.15, -0.1) is 12.4 Å². The van der Waals surface area contributed by atoms with Crippen LogP contribution in [-0.2, 0) is 16.1 Å². The predicted molar refractivity (Wildman–Crippen MR) is 76.7 cm³/mol. The van der Waals surface area contributed by atoms with Gasteiger partial charge in [-0.3, -0.25) is 4.79 Å². The van der Waals surface area contributed by atoms with Crippen molar-refractivity contribution < 1.29 is 14.1 Å². The molecule has 1 saturated heterocycles. The van der Waals surface area contributed by atoms with E-state index in [4.69, 9.17) is 9.26 Å². The molecule has 7 heteroatoms. The molecule has 2 N–H and O–H groups in total. The van der Waals surface area contributed by atoms with E-state index in [0.29, 0.717) is 18.9 Å². The molecular formula is C13H22ClN3O3. The van der Waals surface area contributed by atoms with Crippen molar-refractivity contribution in [2.24, 2.45) is 5.41 Å². The number of nitrogens with one attached hydrogen (secondary N) is 2. The Bertz CT molecular complexity index is 425. The number of ether oxygens (including phenoxy) is 1. The zero-order chi connectivity index (χ0) is 13.7. The van der Waals surface area contributed by atoms with Crippen molar-refractivity contribution in [3.05, 3.63) is 17.5 Å². The van der Waals surface area contributed by atoms with E-state index in [0.717, 1.165) is 31.6 Å². The van der Waals surface area contributed by atoms with E-state index in [-0.39, 0.29) is 18.3 Å². The molecule has 0 radical (unpaired) electrons. The fourth-order valence-electron chi connectivity index (χ4n) is 2.47. The second-order valence-corrected chi connectivity index (χ2v) is 5.08. The number of piperidine rings is 1. The average Bonchev–Trinajstić information content (AvgIpc) is 2.83. The first kappa shape index (κ1) is 16.9. The van der Waals surface area contributed by atoms with E-state index < -0.39 is 5.41 Å². The van der Waals surface area contributed by atoms with Crippen molar-refractivity contribution in [1.29, 1.82) is 0 Å². The number of aryl methyl sites for hydroxylation is 1. The smallest absolute Gasteiger partial charge is 0.229 e. The van der Waals surface area contributed by atoms with Crippen molar-refractivity contribution in [3.63, 3.8) is 0 Å². The largest absolute Gasteiger partial charge is 0.384 e. The lowest BCUT2D eigenvalue weighted by Crippen LogP contribution is -2.49. The van der Waals surface area contributed by atoms with Gasteiger partial charge in [-0.2, -0.15) is 0 Å². The lowest BCUT2D eigenvalue weighted by atomic mass is 9.78. The number of halogens is 1. The van der Waals surface area contributed by atoms with Crippen LogP contribution in [0.2, 0.25) is 0 Å². The quantitative estimate of drug-likeness (QED) is 0.850. The number of methoxy groups -OCH3 is 1. The molecule has 0 aliphatic carbocycles. The summed E-state index contributed by atoms with van der Waals surface area (Å²) in [7, 11) is 1.64. The van der Waals surface area contributed by atoms with Crippen LogP contribution >= 0.6 is 12.4 Å². The Hall–Kier alpha value is -1.11. The molecule has 0 bridgehead atoms. The lowest BCUT2D eigenvalue weighted by molar-refractivity contribution is -0.136. The molecule has 0 spiro atoms. The Labute approximate surface area is 125 Å². The highest BCUT2D eigenvalue weighted by Crippen LogP contribution is 2.29. The first-order valence-corrected chi connectivity index (χ1v) is 6.56. The molecule has 1 amide bonds. The van der Waals surface area contributed by atoms with Gasteiger partial charge in [0.2, 0.25) is 5.91 Å². The minimum atomic E-state index is -0.422. The van der Waals surface area contributed by atoms with Crippen LogP contribution in [0.15, 0.2) is 10.6 Å². The maximum Gasteiger partial charge on any atom is 0.229 e. The number of hydrogen-bond donors (Lipinski definition) is 2. The number of nitrogens with zero attached hydrogens (tertiary/aromatic N) is 1. The van der Waals surface area contributed by atoms with Gasteiger partial charge in [-0.05, 0) is 32.9 Å². The van der Waals surface area contributed by atoms with Crippen molar-refractivity contribution in [3.8, 4) is 0 Å². The summed E-state index contributed by atoms with van der Waals surface area (Å²) in [5, 5.41) is 9.99. The van der Waals surface area contributed by atoms with Gasteiger partial charge >= 0.3 is 0 Å². The molecule has 0 unspecified atom stereocenters. The van der Waals surface area contributed by atoms with Crippen molar-refractivity contribution in [2.45, 2.75) is 26.3 Å². The van der Waals surface area contributed by atoms with Crippen molar-refractivity contribution in [1.82, 2.24) is 15.8 Å². The molecule has 6 nitrogen and oxygen atoms in total. The van der Waals surface area contributed by atoms with Crippen LogP contribution in [0.4, 0.5) is 0 Å². The van der Waals surface area contributed by atoms with E-state index in [1.54, 1.807) is 7.11 Å². The molecule has 1 aromatic rings. The van der Waals surface area contributed by atoms with Crippen LogP contribution in [0.3, 0.4) is 0 Å². The number of carbonyl (C=O) groups is 1. The molecule has 114 valence electrons. The number of carbonyl (C=O) groups excluding carboxylic acids is 1. The zero-order valence-electron chi connectivity index (χ0n) is 11.9. The van der Waals surface area contributed by atoms with E-state index in [1.807, 2.05) is 13.0 Å². The second kappa shape index (κ2) is 7.61. The Balaban J connectivity index is 0.00000200. The van der Waals surface area contributed by atoms with Gasteiger partial charge in [-0.25, -0.2) is 0 Å². The van der Waals surface area contributed by atoms with Crippen molar-refractivity contribution in [2.75, 3.05) is 26.8 Å². The predicted octanol–water partition coefficient (Wildman–Crippen LogP) is 1.04. The van der Waals surface area contributed by atoms with Crippen LogP contribution in [0.1, 0.15) is 24.3 Å². The maximum absolute atomic E-state index is 12.4. The molecule has 1 fully saturated rings. The summed E-state index contributed by atoms with van der Waals surface area (Å²) in [5.74, 6) is 0.706. The maximum atomic E-state index is 12.4. The standard InChI is InChI=1S/C13H21N3O3.ClH/c1-10-7-11(19-16-10)8-15-12(17)13(9-18-2)3-5-14-6-4-13;/h7,14H,3-6,8-9H2,1-2H3,(H,15,17);1H. The first-order chi connectivity index (χ1) is 9.16. The van der Waals surface area contributed by atoms with Gasteiger partial charge < -0.3 is 19.9 Å². The summed E-state index contributed by atoms with van der Waals surface area (Å²) in [6.07, 6.45) is 1.59. The van der Waals surface area contributed by atoms with Crippen LogP contribution in [-0.4, -0.2) is 37.9 Å². The summed E-state index contributed by atoms with van der Waals surface area (Å²) in [4.78, 5) is 12.4. The van der Waals surface area contributed by atoms with E-state index in [9.17, 15) is 4.79 Å². The summed E-state index contributed by atoms with van der Waals surface area (Å²) in [5.41, 5.74) is 0.396. The molecule has 1 aromatic heterocycles. The molecule has 0 aromatic carbocycles. The molecule has 2 rings (SSSR count). The second-order valence-electron chi connectivity index (χ2n) is 5.08. The molecule has 2 heterocycles. The molecular weight excluding hydrogens is 282 g/mol. The molecule has 0 atom stereocenters. The topological polar surface area (TPSA) is 76.4 Å². The molecule has 0 saturated carbocycles. The number of hydrogen-bond acceptors (Lipinski definition) is 5. The van der Waals surface area contributed by atoms with Gasteiger partial charge in [0.05, 0.1) is 24.3 Å².